The van der Waals surface area contributed by atoms with Gasteiger partial charge in [0.2, 0.25) is 5.78 Å². The second-order valence-corrected chi connectivity index (χ2v) is 4.99. The molecule has 2 aliphatic rings. The molecule has 1 aliphatic carbocycles. The van der Waals surface area contributed by atoms with Crippen molar-refractivity contribution in [3.8, 4) is 0 Å². The van der Waals surface area contributed by atoms with Gasteiger partial charge >= 0.3 is 0 Å². The fourth-order valence-corrected chi connectivity index (χ4v) is 2.02. The van der Waals surface area contributed by atoms with Gasteiger partial charge in [0.15, 0.2) is 0 Å². The van der Waals surface area contributed by atoms with Crippen molar-refractivity contribution in [3.05, 3.63) is 36.2 Å². The van der Waals surface area contributed by atoms with E-state index < -0.39 is 0 Å². The lowest BCUT2D eigenvalue weighted by Gasteiger charge is -2.26. The van der Waals surface area contributed by atoms with Crippen LogP contribution in [0.2, 0.25) is 0 Å². The van der Waals surface area contributed by atoms with Gasteiger partial charge in [-0.15, -0.1) is 0 Å². The zero-order valence-electron chi connectivity index (χ0n) is 9.42. The Kier molecular flexibility index (Phi) is 2.29. The Morgan fingerprint density at radius 3 is 2.80 bits per heavy atom. The summed E-state index contributed by atoms with van der Waals surface area (Å²) < 4.78 is 0. The maximum atomic E-state index is 11.9. The highest BCUT2D eigenvalue weighted by Gasteiger charge is 2.29. The first kappa shape index (κ1) is 10.2. The first-order valence-corrected chi connectivity index (χ1v) is 5.38. The number of rotatable bonds is 1. The fraction of sp³-hybridized carbons (Fsp3) is 0.462. The third-order valence-electron chi connectivity index (χ3n) is 2.93. The molecule has 0 N–H and O–H groups in total. The Hall–Kier alpha value is -1.31. The summed E-state index contributed by atoms with van der Waals surface area (Å²) in [7, 11) is 0. The summed E-state index contributed by atoms with van der Waals surface area (Å²) in [6.07, 6.45) is 7.94. The molecule has 0 bridgehead atoms. The molecule has 15 heavy (non-hydrogen) atoms. The number of hydrogen-bond donors (Lipinski definition) is 0. The quantitative estimate of drug-likeness (QED) is 0.611. The molecule has 2 rings (SSSR count). The molecule has 0 fully saturated rings. The van der Waals surface area contributed by atoms with E-state index >= 15 is 0 Å². The van der Waals surface area contributed by atoms with E-state index in [1.54, 1.807) is 0 Å². The van der Waals surface area contributed by atoms with Gasteiger partial charge in [-0.1, -0.05) is 32.6 Å². The van der Waals surface area contributed by atoms with Gasteiger partial charge in [0.25, 0.3) is 0 Å². The predicted molar refractivity (Wildman–Crippen MR) is 61.1 cm³/mol. The largest absolute Gasteiger partial charge is 0.345 e. The molecule has 0 atom stereocenters. The van der Waals surface area contributed by atoms with Gasteiger partial charge < -0.3 is 4.90 Å². The Labute approximate surface area is 91.0 Å². The lowest BCUT2D eigenvalue weighted by Crippen LogP contribution is -2.28. The SMILES string of the molecule is C=C1CCC=C(N2C=CC(C)(C)C2)C1=O. The number of hydrogen-bond acceptors (Lipinski definition) is 2. The van der Waals surface area contributed by atoms with Crippen LogP contribution >= 0.6 is 0 Å². The number of nitrogens with zero attached hydrogens (tertiary/aromatic N) is 1. The van der Waals surface area contributed by atoms with Crippen LogP contribution in [0.15, 0.2) is 36.2 Å². The third-order valence-corrected chi connectivity index (χ3v) is 2.93. The molecule has 0 spiro atoms. The lowest BCUT2D eigenvalue weighted by molar-refractivity contribution is -0.113. The second-order valence-electron chi connectivity index (χ2n) is 4.99. The molecule has 0 aromatic carbocycles. The number of allylic oxidation sites excluding steroid dienone is 2. The molecule has 1 heterocycles. The Balaban J connectivity index is 2.20. The van der Waals surface area contributed by atoms with E-state index in [2.05, 4.69) is 26.5 Å². The minimum Gasteiger partial charge on any atom is -0.345 e. The Morgan fingerprint density at radius 2 is 2.20 bits per heavy atom. The number of ketones is 1. The number of carbonyl (C=O) groups excluding carboxylic acids is 1. The van der Waals surface area contributed by atoms with E-state index in [9.17, 15) is 4.79 Å². The van der Waals surface area contributed by atoms with Crippen molar-refractivity contribution in [2.45, 2.75) is 26.7 Å². The molecule has 0 radical (unpaired) electrons. The van der Waals surface area contributed by atoms with Crippen molar-refractivity contribution >= 4 is 5.78 Å². The van der Waals surface area contributed by atoms with Gasteiger partial charge in [-0.2, -0.15) is 0 Å². The molecule has 0 saturated heterocycles. The summed E-state index contributed by atoms with van der Waals surface area (Å²) in [5, 5.41) is 0. The molecule has 1 aliphatic heterocycles. The van der Waals surface area contributed by atoms with Gasteiger partial charge in [-0.3, -0.25) is 4.79 Å². The van der Waals surface area contributed by atoms with Crippen LogP contribution < -0.4 is 0 Å². The number of carbonyl (C=O) groups is 1. The number of Topliss-reactive ketones (excluding diaryl/α,β-unsaturated/α-hetero) is 1. The molecular formula is C13H17NO. The zero-order chi connectivity index (χ0) is 11.1. The van der Waals surface area contributed by atoms with Crippen molar-refractivity contribution in [3.63, 3.8) is 0 Å². The van der Waals surface area contributed by atoms with E-state index in [1.807, 2.05) is 17.2 Å². The van der Waals surface area contributed by atoms with Gasteiger partial charge in [0.05, 0.1) is 5.70 Å². The molecule has 0 unspecified atom stereocenters. The third kappa shape index (κ3) is 1.89. The summed E-state index contributed by atoms with van der Waals surface area (Å²) in [5.74, 6) is 0.114. The summed E-state index contributed by atoms with van der Waals surface area (Å²) in [5.41, 5.74) is 1.72. The van der Waals surface area contributed by atoms with Crippen molar-refractivity contribution < 1.29 is 4.79 Å². The van der Waals surface area contributed by atoms with Crippen molar-refractivity contribution in [1.82, 2.24) is 4.90 Å². The minimum atomic E-state index is 0.114. The second kappa shape index (κ2) is 3.37. The first-order valence-electron chi connectivity index (χ1n) is 5.38. The first-order chi connectivity index (χ1) is 6.99. The summed E-state index contributed by atoms with van der Waals surface area (Å²) in [6.45, 7) is 9.04. The van der Waals surface area contributed by atoms with Crippen LogP contribution in [0.5, 0.6) is 0 Å². The molecule has 0 aromatic heterocycles. The van der Waals surface area contributed by atoms with Crippen LogP contribution in [0.4, 0.5) is 0 Å². The molecule has 2 heteroatoms. The summed E-state index contributed by atoms with van der Waals surface area (Å²) in [4.78, 5) is 13.9. The van der Waals surface area contributed by atoms with Crippen LogP contribution in [0.3, 0.4) is 0 Å². The molecule has 0 amide bonds. The maximum Gasteiger partial charge on any atom is 0.204 e. The van der Waals surface area contributed by atoms with E-state index in [-0.39, 0.29) is 11.2 Å². The molecule has 0 saturated carbocycles. The van der Waals surface area contributed by atoms with Crippen molar-refractivity contribution in [1.29, 1.82) is 0 Å². The maximum absolute atomic E-state index is 11.9. The highest BCUT2D eigenvalue weighted by molar-refractivity contribution is 6.08. The highest BCUT2D eigenvalue weighted by atomic mass is 16.1. The van der Waals surface area contributed by atoms with Gasteiger partial charge in [0, 0.05) is 18.2 Å². The van der Waals surface area contributed by atoms with Crippen LogP contribution in [0.25, 0.3) is 0 Å². The van der Waals surface area contributed by atoms with E-state index in [0.29, 0.717) is 0 Å². The van der Waals surface area contributed by atoms with E-state index in [4.69, 9.17) is 0 Å². The molecule has 0 aromatic rings. The van der Waals surface area contributed by atoms with Gasteiger partial charge in [-0.05, 0) is 18.4 Å². The standard InChI is InChI=1S/C13H17NO/c1-10-5-4-6-11(12(10)15)14-8-7-13(2,3)9-14/h6-8H,1,4-5,9H2,2-3H3. The van der Waals surface area contributed by atoms with E-state index in [0.717, 1.165) is 30.7 Å². The smallest absolute Gasteiger partial charge is 0.204 e. The van der Waals surface area contributed by atoms with Crippen LogP contribution in [0.1, 0.15) is 26.7 Å². The van der Waals surface area contributed by atoms with Crippen LogP contribution in [0, 0.1) is 5.41 Å². The summed E-state index contributed by atoms with van der Waals surface area (Å²) in [6, 6.07) is 0. The van der Waals surface area contributed by atoms with Crippen LogP contribution in [-0.2, 0) is 4.79 Å². The lowest BCUT2D eigenvalue weighted by atomic mass is 9.94. The average Bonchev–Trinajstić information content (AvgIpc) is 2.51. The molecule has 2 nitrogen and oxygen atoms in total. The topological polar surface area (TPSA) is 20.3 Å². The van der Waals surface area contributed by atoms with Crippen molar-refractivity contribution in [2.24, 2.45) is 5.41 Å². The molecule has 80 valence electrons. The zero-order valence-corrected chi connectivity index (χ0v) is 9.42. The Morgan fingerprint density at radius 1 is 1.47 bits per heavy atom. The Bertz CT molecular complexity index is 374. The van der Waals surface area contributed by atoms with E-state index in [1.165, 1.54) is 0 Å². The minimum absolute atomic E-state index is 0.114. The van der Waals surface area contributed by atoms with Crippen LogP contribution in [-0.4, -0.2) is 17.2 Å². The van der Waals surface area contributed by atoms with Gasteiger partial charge in [-0.25, -0.2) is 0 Å². The normalized spacial score (nSPS) is 24.7. The monoisotopic (exact) mass is 203 g/mol. The van der Waals surface area contributed by atoms with Crippen molar-refractivity contribution in [2.75, 3.05) is 6.54 Å². The predicted octanol–water partition coefficient (Wildman–Crippen LogP) is 2.64. The fourth-order valence-electron chi connectivity index (χ4n) is 2.02. The van der Waals surface area contributed by atoms with Gasteiger partial charge in [0.1, 0.15) is 0 Å². The highest BCUT2D eigenvalue weighted by Crippen LogP contribution is 2.31. The molecular weight excluding hydrogens is 186 g/mol. The average molecular weight is 203 g/mol. The summed E-state index contributed by atoms with van der Waals surface area (Å²) >= 11 is 0.